The highest BCUT2D eigenvalue weighted by atomic mass is 32.1. The Morgan fingerprint density at radius 2 is 1.94 bits per heavy atom. The normalized spacial score (nSPS) is 11.6. The predicted octanol–water partition coefficient (Wildman–Crippen LogP) is 4.22. The number of nitrogens with zero attached hydrogens (tertiary/aromatic N) is 3. The van der Waals surface area contributed by atoms with Gasteiger partial charge in [0, 0.05) is 36.3 Å². The minimum atomic E-state index is -0.329. The Kier molecular flexibility index (Phi) is 8.54. The number of carbonyl (C=O) groups is 2. The lowest BCUT2D eigenvalue weighted by molar-refractivity contribution is -0.123. The Labute approximate surface area is 198 Å². The molecule has 3 rings (SSSR count). The zero-order valence-corrected chi connectivity index (χ0v) is 20.3. The maximum atomic E-state index is 12.7. The van der Waals surface area contributed by atoms with Gasteiger partial charge in [-0.2, -0.15) is 4.99 Å². The second-order valence-corrected chi connectivity index (χ2v) is 8.75. The summed E-state index contributed by atoms with van der Waals surface area (Å²) in [6.45, 7) is 9.34. The summed E-state index contributed by atoms with van der Waals surface area (Å²) in [5.41, 5.74) is 3.27. The van der Waals surface area contributed by atoms with Gasteiger partial charge in [0.15, 0.2) is 4.80 Å². The highest BCUT2D eigenvalue weighted by Gasteiger charge is 2.12. The van der Waals surface area contributed by atoms with Gasteiger partial charge in [-0.3, -0.25) is 14.6 Å². The molecule has 8 heteroatoms. The fourth-order valence-electron chi connectivity index (χ4n) is 3.15. The average Bonchev–Trinajstić information content (AvgIpc) is 3.19. The van der Waals surface area contributed by atoms with Crippen molar-refractivity contribution in [3.05, 3.63) is 64.0 Å². The molecule has 0 aliphatic rings. The predicted molar refractivity (Wildman–Crippen MR) is 130 cm³/mol. The number of rotatable bonds is 9. The number of amides is 2. The van der Waals surface area contributed by atoms with E-state index in [4.69, 9.17) is 4.74 Å². The Morgan fingerprint density at radius 1 is 1.18 bits per heavy atom. The monoisotopic (exact) mass is 466 g/mol. The summed E-state index contributed by atoms with van der Waals surface area (Å²) in [6, 6.07) is 11.4. The maximum absolute atomic E-state index is 12.7. The number of pyridine rings is 1. The first-order valence-corrected chi connectivity index (χ1v) is 12.0. The van der Waals surface area contributed by atoms with Crippen LogP contribution in [0, 0.1) is 12.8 Å². The van der Waals surface area contributed by atoms with E-state index in [1.807, 2.05) is 61.9 Å². The summed E-state index contributed by atoms with van der Waals surface area (Å²) >= 11 is 1.42. The van der Waals surface area contributed by atoms with Crippen molar-refractivity contribution in [3.8, 4) is 17.0 Å². The molecule has 0 spiro atoms. The fourth-order valence-corrected chi connectivity index (χ4v) is 4.09. The van der Waals surface area contributed by atoms with Gasteiger partial charge in [-0.05, 0) is 62.2 Å². The number of carbonyl (C=O) groups excluding carboxylic acids is 2. The molecule has 2 heterocycles. The van der Waals surface area contributed by atoms with Crippen molar-refractivity contribution < 1.29 is 14.3 Å². The van der Waals surface area contributed by atoms with E-state index >= 15 is 0 Å². The van der Waals surface area contributed by atoms with Gasteiger partial charge in [-0.1, -0.05) is 13.8 Å². The molecule has 0 bridgehead atoms. The van der Waals surface area contributed by atoms with E-state index in [-0.39, 0.29) is 17.7 Å². The summed E-state index contributed by atoms with van der Waals surface area (Å²) in [6.07, 6.45) is 2.26. The van der Waals surface area contributed by atoms with Gasteiger partial charge >= 0.3 is 0 Å². The van der Waals surface area contributed by atoms with Crippen molar-refractivity contribution in [2.24, 2.45) is 10.9 Å². The Hall–Kier alpha value is -3.26. The topological polar surface area (TPSA) is 85.6 Å². The highest BCUT2D eigenvalue weighted by molar-refractivity contribution is 7.07. The molecule has 0 saturated heterocycles. The quantitative estimate of drug-likeness (QED) is 0.479. The molecule has 1 N–H and O–H groups in total. The van der Waals surface area contributed by atoms with Crippen LogP contribution in [0.4, 0.5) is 0 Å². The second kappa shape index (κ2) is 11.6. The van der Waals surface area contributed by atoms with Crippen LogP contribution < -0.4 is 14.9 Å². The van der Waals surface area contributed by atoms with Crippen LogP contribution in [0.15, 0.2) is 53.0 Å². The summed E-state index contributed by atoms with van der Waals surface area (Å²) in [5, 5.41) is 4.95. The first kappa shape index (κ1) is 24.4. The number of aromatic nitrogens is 2. The van der Waals surface area contributed by atoms with E-state index in [0.717, 1.165) is 22.7 Å². The Bertz CT molecular complexity index is 1150. The van der Waals surface area contributed by atoms with Crippen molar-refractivity contribution in [1.82, 2.24) is 14.9 Å². The molecule has 2 amide bonds. The van der Waals surface area contributed by atoms with E-state index in [1.54, 1.807) is 18.3 Å². The van der Waals surface area contributed by atoms with E-state index in [2.05, 4.69) is 15.3 Å². The van der Waals surface area contributed by atoms with Gasteiger partial charge < -0.3 is 14.6 Å². The Balaban J connectivity index is 1.89. The van der Waals surface area contributed by atoms with E-state index in [0.29, 0.717) is 36.5 Å². The van der Waals surface area contributed by atoms with Crippen LogP contribution in [0.3, 0.4) is 0 Å². The molecule has 2 aromatic heterocycles. The van der Waals surface area contributed by atoms with Gasteiger partial charge in [0.1, 0.15) is 5.75 Å². The van der Waals surface area contributed by atoms with Crippen LogP contribution in [0.5, 0.6) is 5.75 Å². The van der Waals surface area contributed by atoms with Gasteiger partial charge in [0.25, 0.3) is 5.91 Å². The lowest BCUT2D eigenvalue weighted by atomic mass is 10.1. The molecule has 3 aromatic rings. The van der Waals surface area contributed by atoms with Gasteiger partial charge in [0.05, 0.1) is 17.9 Å². The number of thiazole rings is 1. The van der Waals surface area contributed by atoms with Crippen LogP contribution in [0.1, 0.15) is 43.2 Å². The zero-order chi connectivity index (χ0) is 23.8. The highest BCUT2D eigenvalue weighted by Crippen LogP contribution is 2.23. The first-order chi connectivity index (χ1) is 15.9. The Morgan fingerprint density at radius 3 is 2.58 bits per heavy atom. The summed E-state index contributed by atoms with van der Waals surface area (Å²) < 4.78 is 7.58. The molecule has 0 aliphatic heterocycles. The van der Waals surface area contributed by atoms with Gasteiger partial charge in [-0.25, -0.2) is 0 Å². The summed E-state index contributed by atoms with van der Waals surface area (Å²) in [4.78, 5) is 33.8. The number of nitrogens with one attached hydrogen (secondary N) is 1. The van der Waals surface area contributed by atoms with E-state index < -0.39 is 0 Å². The van der Waals surface area contributed by atoms with Gasteiger partial charge in [-0.15, -0.1) is 11.3 Å². The molecular weight excluding hydrogens is 436 g/mol. The van der Waals surface area contributed by atoms with Crippen LogP contribution >= 0.6 is 11.3 Å². The van der Waals surface area contributed by atoms with E-state index in [1.165, 1.54) is 11.3 Å². The third-order valence-electron chi connectivity index (χ3n) is 5.00. The molecule has 0 fully saturated rings. The number of aryl methyl sites for hydroxylation is 1. The molecule has 0 atom stereocenters. The van der Waals surface area contributed by atoms with Crippen LogP contribution in [-0.4, -0.2) is 34.5 Å². The van der Waals surface area contributed by atoms with E-state index in [9.17, 15) is 9.59 Å². The van der Waals surface area contributed by atoms with Crippen molar-refractivity contribution >= 4 is 23.2 Å². The third-order valence-corrected chi connectivity index (χ3v) is 5.86. The summed E-state index contributed by atoms with van der Waals surface area (Å²) in [5.74, 6) is 0.462. The molecule has 1 aromatic carbocycles. The minimum Gasteiger partial charge on any atom is -0.494 e. The van der Waals surface area contributed by atoms with Gasteiger partial charge in [0.2, 0.25) is 5.91 Å². The molecule has 0 radical (unpaired) electrons. The second-order valence-electron chi connectivity index (χ2n) is 7.92. The van der Waals surface area contributed by atoms with Crippen LogP contribution in [-0.2, 0) is 11.3 Å². The third kappa shape index (κ3) is 6.61. The molecule has 174 valence electrons. The van der Waals surface area contributed by atoms with Crippen molar-refractivity contribution in [2.45, 2.75) is 40.7 Å². The summed E-state index contributed by atoms with van der Waals surface area (Å²) in [7, 11) is 0. The molecule has 33 heavy (non-hydrogen) atoms. The molecule has 0 aliphatic carbocycles. The fraction of sp³-hybridized carbons (Fsp3) is 0.360. The first-order valence-electron chi connectivity index (χ1n) is 11.1. The van der Waals surface area contributed by atoms with Crippen LogP contribution in [0.2, 0.25) is 0 Å². The largest absolute Gasteiger partial charge is 0.494 e. The number of hydrogen-bond acceptors (Lipinski definition) is 5. The van der Waals surface area contributed by atoms with Crippen molar-refractivity contribution in [3.63, 3.8) is 0 Å². The smallest absolute Gasteiger partial charge is 0.281 e. The molecule has 0 unspecified atom stereocenters. The minimum absolute atomic E-state index is 0.0315. The van der Waals surface area contributed by atoms with Crippen molar-refractivity contribution in [1.29, 1.82) is 0 Å². The van der Waals surface area contributed by atoms with Crippen molar-refractivity contribution in [2.75, 3.05) is 13.2 Å². The molecule has 0 saturated carbocycles. The number of ether oxygens (including phenoxy) is 1. The number of hydrogen-bond donors (Lipinski definition) is 1. The SMILES string of the molecule is CCOc1ccc(-c2csc(=NC(=O)c3ccc(C)nc3)n2CCCNC(=O)C(C)C)cc1. The standard InChI is InChI=1S/C25H30N4O3S/c1-5-32-21-11-9-19(10-12-21)22-16-33-25(28-24(31)20-8-7-18(4)27-15-20)29(22)14-6-13-26-23(30)17(2)3/h7-12,15-17H,5-6,13-14H2,1-4H3,(H,26,30). The number of benzene rings is 1. The maximum Gasteiger partial charge on any atom is 0.281 e. The lowest BCUT2D eigenvalue weighted by Crippen LogP contribution is -2.29. The molecular formula is C25H30N4O3S. The zero-order valence-electron chi connectivity index (χ0n) is 19.5. The molecule has 7 nitrogen and oxygen atoms in total. The van der Waals surface area contributed by atoms with Crippen LogP contribution in [0.25, 0.3) is 11.3 Å². The average molecular weight is 467 g/mol. The lowest BCUT2D eigenvalue weighted by Gasteiger charge is -2.11.